The van der Waals surface area contributed by atoms with Gasteiger partial charge in [-0.2, -0.15) is 0 Å². The number of carboxylic acid groups (broad SMARTS) is 1. The average molecular weight is 442 g/mol. The molecule has 0 saturated carbocycles. The Hall–Kier alpha value is -3.92. The fourth-order valence-corrected chi connectivity index (χ4v) is 3.27. The SMILES string of the molecule is COc1cc(OC)c(OC)cc1C=C1C(=O)NC(=S)N(c2cccc(C(=O)O)c2)C1=O. The molecule has 3 rings (SSSR count). The second kappa shape index (κ2) is 8.84. The number of nitrogens with one attached hydrogen (secondary N) is 1. The molecule has 1 saturated heterocycles. The first kappa shape index (κ1) is 21.8. The first-order valence-electron chi connectivity index (χ1n) is 8.85. The van der Waals surface area contributed by atoms with E-state index < -0.39 is 17.8 Å². The number of aromatic carboxylic acids is 1. The molecule has 1 aliphatic heterocycles. The van der Waals surface area contributed by atoms with E-state index in [1.165, 1.54) is 51.7 Å². The monoisotopic (exact) mass is 442 g/mol. The zero-order valence-corrected chi connectivity index (χ0v) is 17.6. The Morgan fingerprint density at radius 3 is 2.29 bits per heavy atom. The summed E-state index contributed by atoms with van der Waals surface area (Å²) in [6.45, 7) is 0. The number of methoxy groups -OCH3 is 3. The number of thiocarbonyl (C=S) groups is 1. The van der Waals surface area contributed by atoms with Crippen molar-refractivity contribution in [2.24, 2.45) is 0 Å². The van der Waals surface area contributed by atoms with Crippen LogP contribution < -0.4 is 24.4 Å². The Morgan fingerprint density at radius 1 is 1.03 bits per heavy atom. The van der Waals surface area contributed by atoms with Crippen LogP contribution >= 0.6 is 12.2 Å². The van der Waals surface area contributed by atoms with Gasteiger partial charge in [-0.15, -0.1) is 0 Å². The minimum atomic E-state index is -1.16. The summed E-state index contributed by atoms with van der Waals surface area (Å²) in [4.78, 5) is 38.1. The van der Waals surface area contributed by atoms with E-state index in [9.17, 15) is 19.5 Å². The Morgan fingerprint density at radius 2 is 1.68 bits per heavy atom. The van der Waals surface area contributed by atoms with E-state index in [-0.39, 0.29) is 21.9 Å². The van der Waals surface area contributed by atoms with Crippen LogP contribution in [0.4, 0.5) is 5.69 Å². The number of amides is 2. The topological polar surface area (TPSA) is 114 Å². The van der Waals surface area contributed by atoms with Crippen LogP contribution in [0.1, 0.15) is 15.9 Å². The van der Waals surface area contributed by atoms with E-state index in [1.54, 1.807) is 12.1 Å². The number of rotatable bonds is 6. The van der Waals surface area contributed by atoms with Gasteiger partial charge < -0.3 is 19.3 Å². The lowest BCUT2D eigenvalue weighted by atomic mass is 10.0. The number of carbonyl (C=O) groups is 3. The zero-order valence-electron chi connectivity index (χ0n) is 16.8. The number of hydrogen-bond acceptors (Lipinski definition) is 7. The molecule has 1 fully saturated rings. The van der Waals surface area contributed by atoms with Crippen molar-refractivity contribution in [2.75, 3.05) is 26.2 Å². The first-order valence-corrected chi connectivity index (χ1v) is 9.26. The maximum atomic E-state index is 13.2. The van der Waals surface area contributed by atoms with E-state index in [0.29, 0.717) is 22.8 Å². The van der Waals surface area contributed by atoms with Gasteiger partial charge in [0.05, 0.1) is 32.6 Å². The minimum Gasteiger partial charge on any atom is -0.496 e. The summed E-state index contributed by atoms with van der Waals surface area (Å²) < 4.78 is 15.9. The standard InChI is InChI=1S/C21H18N2O7S/c1-28-15-10-17(30-3)16(29-2)9-12(15)8-14-18(24)22-21(31)23(19(14)25)13-6-4-5-11(7-13)20(26)27/h4-10H,1-3H3,(H,26,27)(H,22,24,31). The van der Waals surface area contributed by atoms with E-state index in [1.807, 2.05) is 0 Å². The molecule has 10 heteroatoms. The second-order valence-corrected chi connectivity index (χ2v) is 6.65. The number of carbonyl (C=O) groups excluding carboxylic acids is 2. The molecule has 2 aromatic rings. The third-order valence-corrected chi connectivity index (χ3v) is 4.77. The fraction of sp³-hybridized carbons (Fsp3) is 0.143. The van der Waals surface area contributed by atoms with Gasteiger partial charge in [-0.1, -0.05) is 6.07 Å². The van der Waals surface area contributed by atoms with Crippen molar-refractivity contribution in [3.8, 4) is 17.2 Å². The van der Waals surface area contributed by atoms with Crippen LogP contribution in [0.5, 0.6) is 17.2 Å². The second-order valence-electron chi connectivity index (χ2n) is 6.26. The largest absolute Gasteiger partial charge is 0.496 e. The molecule has 0 unspecified atom stereocenters. The van der Waals surface area contributed by atoms with Crippen molar-refractivity contribution < 1.29 is 33.7 Å². The summed E-state index contributed by atoms with van der Waals surface area (Å²) in [6.07, 6.45) is 1.34. The van der Waals surface area contributed by atoms with Crippen LogP contribution in [-0.4, -0.2) is 49.3 Å². The van der Waals surface area contributed by atoms with Crippen molar-refractivity contribution in [3.63, 3.8) is 0 Å². The predicted molar refractivity (Wildman–Crippen MR) is 116 cm³/mol. The molecule has 0 radical (unpaired) electrons. The number of nitrogens with zero attached hydrogens (tertiary/aromatic N) is 1. The Balaban J connectivity index is 2.09. The van der Waals surface area contributed by atoms with Gasteiger partial charge >= 0.3 is 5.97 Å². The molecule has 1 aliphatic rings. The van der Waals surface area contributed by atoms with E-state index >= 15 is 0 Å². The molecule has 9 nitrogen and oxygen atoms in total. The summed E-state index contributed by atoms with van der Waals surface area (Å²) in [5, 5.41) is 11.5. The molecule has 160 valence electrons. The van der Waals surface area contributed by atoms with Gasteiger partial charge in [0.2, 0.25) is 0 Å². The predicted octanol–water partition coefficient (Wildman–Crippen LogP) is 2.24. The summed E-state index contributed by atoms with van der Waals surface area (Å²) in [6, 6.07) is 8.79. The maximum absolute atomic E-state index is 13.2. The zero-order chi connectivity index (χ0) is 22.7. The van der Waals surface area contributed by atoms with E-state index in [2.05, 4.69) is 5.32 Å². The van der Waals surface area contributed by atoms with Gasteiger partial charge in [-0.25, -0.2) is 4.79 Å². The van der Waals surface area contributed by atoms with Gasteiger partial charge in [0, 0.05) is 11.6 Å². The number of hydrogen-bond donors (Lipinski definition) is 2. The molecule has 2 N–H and O–H groups in total. The highest BCUT2D eigenvalue weighted by atomic mass is 32.1. The van der Waals surface area contributed by atoms with E-state index in [4.69, 9.17) is 26.4 Å². The average Bonchev–Trinajstić information content (AvgIpc) is 2.76. The fourth-order valence-electron chi connectivity index (χ4n) is 2.99. The highest BCUT2D eigenvalue weighted by molar-refractivity contribution is 7.80. The van der Waals surface area contributed by atoms with E-state index in [0.717, 1.165) is 4.90 Å². The van der Waals surface area contributed by atoms with Crippen molar-refractivity contribution in [3.05, 3.63) is 53.1 Å². The molecule has 0 aliphatic carbocycles. The van der Waals surface area contributed by atoms with Crippen molar-refractivity contribution in [1.82, 2.24) is 5.32 Å². The van der Waals surface area contributed by atoms with Crippen molar-refractivity contribution in [2.45, 2.75) is 0 Å². The van der Waals surface area contributed by atoms with Crippen LogP contribution in [0.15, 0.2) is 42.0 Å². The van der Waals surface area contributed by atoms with Gasteiger partial charge in [-0.05, 0) is 42.6 Å². The number of benzene rings is 2. The normalized spacial score (nSPS) is 15.0. The lowest BCUT2D eigenvalue weighted by Gasteiger charge is -2.29. The minimum absolute atomic E-state index is 0.0305. The maximum Gasteiger partial charge on any atom is 0.335 e. The first-order chi connectivity index (χ1) is 14.8. The summed E-state index contributed by atoms with van der Waals surface area (Å²) >= 11 is 5.15. The molecule has 31 heavy (non-hydrogen) atoms. The van der Waals surface area contributed by atoms with Gasteiger partial charge in [0.15, 0.2) is 16.6 Å². The van der Waals surface area contributed by atoms with Gasteiger partial charge in [0.25, 0.3) is 11.8 Å². The molecular weight excluding hydrogens is 424 g/mol. The van der Waals surface area contributed by atoms with Crippen LogP contribution in [0.25, 0.3) is 6.08 Å². The number of ether oxygens (including phenoxy) is 3. The number of carboxylic acids is 1. The molecule has 0 aromatic heterocycles. The highest BCUT2D eigenvalue weighted by Gasteiger charge is 2.35. The third-order valence-electron chi connectivity index (χ3n) is 4.49. The summed E-state index contributed by atoms with van der Waals surface area (Å²) in [5.74, 6) is -1.44. The van der Waals surface area contributed by atoms with Crippen molar-refractivity contribution in [1.29, 1.82) is 0 Å². The third kappa shape index (κ3) is 4.19. The number of anilines is 1. The van der Waals surface area contributed by atoms with Gasteiger partial charge in [0.1, 0.15) is 11.3 Å². The van der Waals surface area contributed by atoms with Crippen LogP contribution in [-0.2, 0) is 9.59 Å². The molecule has 0 bridgehead atoms. The molecule has 1 heterocycles. The Bertz CT molecular complexity index is 1130. The lowest BCUT2D eigenvalue weighted by molar-refractivity contribution is -0.122. The summed E-state index contributed by atoms with van der Waals surface area (Å²) in [5.41, 5.74) is 0.350. The van der Waals surface area contributed by atoms with Crippen LogP contribution in [0.3, 0.4) is 0 Å². The quantitative estimate of drug-likeness (QED) is 0.398. The Kier molecular flexibility index (Phi) is 6.21. The molecule has 0 atom stereocenters. The summed E-state index contributed by atoms with van der Waals surface area (Å²) in [7, 11) is 4.36. The highest BCUT2D eigenvalue weighted by Crippen LogP contribution is 2.36. The Labute approximate surface area is 182 Å². The molecule has 2 aromatic carbocycles. The molecule has 2 amide bonds. The van der Waals surface area contributed by atoms with Gasteiger partial charge in [-0.3, -0.25) is 19.8 Å². The smallest absolute Gasteiger partial charge is 0.335 e. The van der Waals surface area contributed by atoms with Crippen LogP contribution in [0, 0.1) is 0 Å². The molecule has 0 spiro atoms. The molecular formula is C21H18N2O7S. The van der Waals surface area contributed by atoms with Crippen LogP contribution in [0.2, 0.25) is 0 Å². The lowest BCUT2D eigenvalue weighted by Crippen LogP contribution is -2.54. The van der Waals surface area contributed by atoms with Crippen molar-refractivity contribution >= 4 is 46.9 Å².